The maximum absolute atomic E-state index is 12.3. The van der Waals surface area contributed by atoms with Crippen molar-refractivity contribution in [2.75, 3.05) is 11.9 Å². The lowest BCUT2D eigenvalue weighted by Crippen LogP contribution is -2.13. The highest BCUT2D eigenvalue weighted by molar-refractivity contribution is 6.04. The predicted octanol–water partition coefficient (Wildman–Crippen LogP) is 3.95. The predicted molar refractivity (Wildman–Crippen MR) is 101 cm³/mol. The SMILES string of the molecule is CCOc1ccc(C(=O)Oc2cncc(NC(=O)c3ccccc3)c2)cc1. The van der Waals surface area contributed by atoms with Gasteiger partial charge in [-0.05, 0) is 43.3 Å². The van der Waals surface area contributed by atoms with Crippen LogP contribution in [0.25, 0.3) is 0 Å². The van der Waals surface area contributed by atoms with Gasteiger partial charge in [-0.2, -0.15) is 0 Å². The Balaban J connectivity index is 1.66. The van der Waals surface area contributed by atoms with Crippen LogP contribution >= 0.6 is 0 Å². The molecule has 2 aromatic carbocycles. The molecule has 0 aliphatic heterocycles. The third-order valence-electron chi connectivity index (χ3n) is 3.62. The molecule has 0 radical (unpaired) electrons. The average Bonchev–Trinajstić information content (AvgIpc) is 2.70. The topological polar surface area (TPSA) is 77.5 Å². The molecule has 1 amide bonds. The molecule has 1 heterocycles. The zero-order valence-electron chi connectivity index (χ0n) is 14.7. The van der Waals surface area contributed by atoms with E-state index in [-0.39, 0.29) is 11.7 Å². The Morgan fingerprint density at radius 3 is 2.37 bits per heavy atom. The van der Waals surface area contributed by atoms with Gasteiger partial charge in [0.2, 0.25) is 0 Å². The molecular weight excluding hydrogens is 344 g/mol. The van der Waals surface area contributed by atoms with E-state index in [1.807, 2.05) is 13.0 Å². The van der Waals surface area contributed by atoms with Gasteiger partial charge in [-0.15, -0.1) is 0 Å². The van der Waals surface area contributed by atoms with Crippen molar-refractivity contribution in [3.8, 4) is 11.5 Å². The number of pyridine rings is 1. The van der Waals surface area contributed by atoms with Crippen molar-refractivity contribution in [1.29, 1.82) is 0 Å². The largest absolute Gasteiger partial charge is 0.494 e. The smallest absolute Gasteiger partial charge is 0.343 e. The summed E-state index contributed by atoms with van der Waals surface area (Å²) in [5.74, 6) is 0.125. The molecule has 0 spiro atoms. The fourth-order valence-electron chi connectivity index (χ4n) is 2.36. The Hall–Kier alpha value is -3.67. The van der Waals surface area contributed by atoms with Crippen LogP contribution in [0.4, 0.5) is 5.69 Å². The van der Waals surface area contributed by atoms with Crippen molar-refractivity contribution in [3.05, 3.63) is 84.2 Å². The lowest BCUT2D eigenvalue weighted by Gasteiger charge is -2.08. The second kappa shape index (κ2) is 8.62. The number of benzene rings is 2. The van der Waals surface area contributed by atoms with E-state index in [0.29, 0.717) is 29.2 Å². The van der Waals surface area contributed by atoms with Crippen molar-refractivity contribution in [1.82, 2.24) is 4.98 Å². The number of esters is 1. The first-order valence-corrected chi connectivity index (χ1v) is 8.42. The molecule has 0 saturated heterocycles. The van der Waals surface area contributed by atoms with E-state index >= 15 is 0 Å². The molecule has 3 aromatic rings. The van der Waals surface area contributed by atoms with Crippen LogP contribution < -0.4 is 14.8 Å². The second-order valence-electron chi connectivity index (χ2n) is 5.58. The average molecular weight is 362 g/mol. The fourth-order valence-corrected chi connectivity index (χ4v) is 2.36. The van der Waals surface area contributed by atoms with Crippen molar-refractivity contribution in [3.63, 3.8) is 0 Å². The first-order chi connectivity index (χ1) is 13.2. The molecule has 0 aliphatic carbocycles. The number of anilines is 1. The van der Waals surface area contributed by atoms with Crippen LogP contribution in [-0.2, 0) is 0 Å². The highest BCUT2D eigenvalue weighted by Crippen LogP contribution is 2.19. The lowest BCUT2D eigenvalue weighted by molar-refractivity contribution is 0.0734. The third kappa shape index (κ3) is 4.92. The van der Waals surface area contributed by atoms with Crippen LogP contribution in [0.2, 0.25) is 0 Å². The van der Waals surface area contributed by atoms with Crippen LogP contribution in [0.5, 0.6) is 11.5 Å². The minimum absolute atomic E-state index is 0.236. The molecule has 0 saturated carbocycles. The molecule has 6 nitrogen and oxygen atoms in total. The van der Waals surface area contributed by atoms with Gasteiger partial charge < -0.3 is 14.8 Å². The summed E-state index contributed by atoms with van der Waals surface area (Å²) >= 11 is 0. The van der Waals surface area contributed by atoms with Gasteiger partial charge in [-0.1, -0.05) is 18.2 Å². The molecule has 136 valence electrons. The molecule has 0 atom stereocenters. The minimum atomic E-state index is -0.522. The number of rotatable bonds is 6. The van der Waals surface area contributed by atoms with Crippen molar-refractivity contribution in [2.24, 2.45) is 0 Å². The first-order valence-electron chi connectivity index (χ1n) is 8.42. The van der Waals surface area contributed by atoms with Gasteiger partial charge in [0, 0.05) is 11.6 Å². The highest BCUT2D eigenvalue weighted by atomic mass is 16.5. The maximum Gasteiger partial charge on any atom is 0.343 e. The number of carbonyl (C=O) groups is 2. The van der Waals surface area contributed by atoms with E-state index in [9.17, 15) is 9.59 Å². The number of hydrogen-bond donors (Lipinski definition) is 1. The standard InChI is InChI=1S/C21H18N2O4/c1-2-26-18-10-8-16(9-11-18)21(25)27-19-12-17(13-22-14-19)23-20(24)15-6-4-3-5-7-15/h3-14H,2H2,1H3,(H,23,24). The monoisotopic (exact) mass is 362 g/mol. The van der Waals surface area contributed by atoms with Crippen molar-refractivity contribution >= 4 is 17.6 Å². The molecule has 0 unspecified atom stereocenters. The Morgan fingerprint density at radius 1 is 0.926 bits per heavy atom. The van der Waals surface area contributed by atoms with Crippen LogP contribution in [0.1, 0.15) is 27.6 Å². The summed E-state index contributed by atoms with van der Waals surface area (Å²) in [5.41, 5.74) is 1.34. The molecule has 1 N–H and O–H groups in total. The Labute approximate surface area is 156 Å². The summed E-state index contributed by atoms with van der Waals surface area (Å²) in [6.45, 7) is 2.44. The number of ether oxygens (including phenoxy) is 2. The van der Waals surface area contributed by atoms with Crippen LogP contribution in [0.15, 0.2) is 73.1 Å². The Bertz CT molecular complexity index is 924. The van der Waals surface area contributed by atoms with Crippen LogP contribution in [0.3, 0.4) is 0 Å². The quantitative estimate of drug-likeness (QED) is 0.672. The molecule has 3 rings (SSSR count). The Kier molecular flexibility index (Phi) is 5.79. The normalized spacial score (nSPS) is 10.1. The molecule has 1 aromatic heterocycles. The lowest BCUT2D eigenvalue weighted by atomic mass is 10.2. The van der Waals surface area contributed by atoms with Crippen LogP contribution in [0, 0.1) is 0 Å². The zero-order chi connectivity index (χ0) is 19.1. The molecule has 6 heteroatoms. The van der Waals surface area contributed by atoms with Gasteiger partial charge in [0.05, 0.1) is 30.3 Å². The summed E-state index contributed by atoms with van der Waals surface area (Å²) in [5, 5.41) is 2.72. The Morgan fingerprint density at radius 2 is 1.67 bits per heavy atom. The van der Waals surface area contributed by atoms with Gasteiger partial charge in [-0.3, -0.25) is 9.78 Å². The number of aromatic nitrogens is 1. The fraction of sp³-hybridized carbons (Fsp3) is 0.0952. The summed E-state index contributed by atoms with van der Waals surface area (Å²) < 4.78 is 10.7. The molecule has 0 fully saturated rings. The van der Waals surface area contributed by atoms with Gasteiger partial charge in [0.15, 0.2) is 5.75 Å². The summed E-state index contributed by atoms with van der Waals surface area (Å²) in [6, 6.07) is 17.0. The molecule has 0 aliphatic rings. The van der Waals surface area contributed by atoms with E-state index in [4.69, 9.17) is 9.47 Å². The van der Waals surface area contributed by atoms with Crippen molar-refractivity contribution < 1.29 is 19.1 Å². The number of nitrogens with zero attached hydrogens (tertiary/aromatic N) is 1. The van der Waals surface area contributed by atoms with Gasteiger partial charge in [0.25, 0.3) is 5.91 Å². The van der Waals surface area contributed by atoms with E-state index in [2.05, 4.69) is 10.3 Å². The first kappa shape index (κ1) is 18.1. The number of nitrogens with one attached hydrogen (secondary N) is 1. The summed E-state index contributed by atoms with van der Waals surface area (Å²) in [7, 11) is 0. The van der Waals surface area contributed by atoms with E-state index in [0.717, 1.165) is 0 Å². The zero-order valence-corrected chi connectivity index (χ0v) is 14.7. The number of hydrogen-bond acceptors (Lipinski definition) is 5. The van der Waals surface area contributed by atoms with Gasteiger partial charge in [0.1, 0.15) is 5.75 Å². The van der Waals surface area contributed by atoms with Gasteiger partial charge >= 0.3 is 5.97 Å². The molecule has 0 bridgehead atoms. The summed E-state index contributed by atoms with van der Waals surface area (Å²) in [6.07, 6.45) is 2.89. The van der Waals surface area contributed by atoms with E-state index in [1.165, 1.54) is 12.4 Å². The highest BCUT2D eigenvalue weighted by Gasteiger charge is 2.11. The number of amides is 1. The van der Waals surface area contributed by atoms with E-state index in [1.54, 1.807) is 54.6 Å². The second-order valence-corrected chi connectivity index (χ2v) is 5.58. The molecule has 27 heavy (non-hydrogen) atoms. The minimum Gasteiger partial charge on any atom is -0.494 e. The molecular formula is C21H18N2O4. The van der Waals surface area contributed by atoms with Crippen LogP contribution in [-0.4, -0.2) is 23.5 Å². The third-order valence-corrected chi connectivity index (χ3v) is 3.62. The van der Waals surface area contributed by atoms with Gasteiger partial charge in [-0.25, -0.2) is 4.79 Å². The van der Waals surface area contributed by atoms with E-state index < -0.39 is 5.97 Å². The van der Waals surface area contributed by atoms with Crippen molar-refractivity contribution in [2.45, 2.75) is 6.92 Å². The summed E-state index contributed by atoms with van der Waals surface area (Å²) in [4.78, 5) is 28.5. The maximum atomic E-state index is 12.3. The number of carbonyl (C=O) groups excluding carboxylic acids is 2.